The molecule has 0 bridgehead atoms. The fourth-order valence-electron chi connectivity index (χ4n) is 2.24. The molecule has 0 aliphatic rings. The second-order valence-electron chi connectivity index (χ2n) is 6.17. The van der Waals surface area contributed by atoms with Gasteiger partial charge in [0.2, 0.25) is 0 Å². The highest BCUT2D eigenvalue weighted by atomic mass is 16.3. The van der Waals surface area contributed by atoms with Crippen molar-refractivity contribution in [1.29, 1.82) is 0 Å². The number of nitrogens with one attached hydrogen (secondary N) is 1. The zero-order chi connectivity index (χ0) is 16.9. The summed E-state index contributed by atoms with van der Waals surface area (Å²) in [6.45, 7) is 6.10. The number of oxazole rings is 1. The zero-order valence-corrected chi connectivity index (χ0v) is 13.7. The SMILES string of the molecule is Cc1ocnc1CNC(=O)N(Cc1ccccc1)CC(C)(C)O. The lowest BCUT2D eigenvalue weighted by Gasteiger charge is -2.29. The van der Waals surface area contributed by atoms with Gasteiger partial charge in [0, 0.05) is 6.54 Å². The summed E-state index contributed by atoms with van der Waals surface area (Å²) in [6.07, 6.45) is 1.36. The molecule has 0 saturated carbocycles. The third-order valence-electron chi connectivity index (χ3n) is 3.33. The van der Waals surface area contributed by atoms with E-state index >= 15 is 0 Å². The molecule has 2 amide bonds. The number of aromatic nitrogens is 1. The average Bonchev–Trinajstić information content (AvgIpc) is 2.89. The minimum Gasteiger partial charge on any atom is -0.448 e. The van der Waals surface area contributed by atoms with Gasteiger partial charge in [0.1, 0.15) is 11.5 Å². The van der Waals surface area contributed by atoms with Gasteiger partial charge < -0.3 is 19.7 Å². The molecule has 0 aliphatic carbocycles. The van der Waals surface area contributed by atoms with Crippen LogP contribution >= 0.6 is 0 Å². The molecule has 0 radical (unpaired) electrons. The summed E-state index contributed by atoms with van der Waals surface area (Å²) in [5, 5.41) is 12.9. The first-order valence-electron chi connectivity index (χ1n) is 7.53. The number of hydrogen-bond donors (Lipinski definition) is 2. The molecule has 0 fully saturated rings. The number of aliphatic hydroxyl groups is 1. The molecule has 2 rings (SSSR count). The smallest absolute Gasteiger partial charge is 0.318 e. The first-order chi connectivity index (χ1) is 10.8. The Morgan fingerprint density at radius 1 is 1.35 bits per heavy atom. The highest BCUT2D eigenvalue weighted by molar-refractivity contribution is 5.74. The normalized spacial score (nSPS) is 11.3. The van der Waals surface area contributed by atoms with E-state index < -0.39 is 5.60 Å². The van der Waals surface area contributed by atoms with Gasteiger partial charge >= 0.3 is 6.03 Å². The van der Waals surface area contributed by atoms with Crippen molar-refractivity contribution in [3.05, 3.63) is 53.7 Å². The summed E-state index contributed by atoms with van der Waals surface area (Å²) < 4.78 is 5.12. The van der Waals surface area contributed by atoms with E-state index in [1.165, 1.54) is 6.39 Å². The Bertz CT molecular complexity index is 632. The van der Waals surface area contributed by atoms with Gasteiger partial charge in [-0.25, -0.2) is 9.78 Å². The molecule has 6 nitrogen and oxygen atoms in total. The molecule has 1 aromatic carbocycles. The number of nitrogens with zero attached hydrogens (tertiary/aromatic N) is 2. The van der Waals surface area contributed by atoms with Crippen LogP contribution in [0.2, 0.25) is 0 Å². The molecule has 2 aromatic rings. The van der Waals surface area contributed by atoms with E-state index in [1.807, 2.05) is 30.3 Å². The number of urea groups is 1. The van der Waals surface area contributed by atoms with Crippen LogP contribution in [0, 0.1) is 6.92 Å². The lowest BCUT2D eigenvalue weighted by atomic mass is 10.1. The topological polar surface area (TPSA) is 78.6 Å². The standard InChI is InChI=1S/C17H23N3O3/c1-13-15(19-12-23-13)9-18-16(21)20(11-17(2,3)22)10-14-7-5-4-6-8-14/h4-8,12,22H,9-11H2,1-3H3,(H,18,21). The van der Waals surface area contributed by atoms with E-state index in [-0.39, 0.29) is 19.1 Å². The lowest BCUT2D eigenvalue weighted by Crippen LogP contribution is -2.46. The quantitative estimate of drug-likeness (QED) is 0.858. The number of amides is 2. The summed E-state index contributed by atoms with van der Waals surface area (Å²) >= 11 is 0. The Morgan fingerprint density at radius 3 is 2.61 bits per heavy atom. The highest BCUT2D eigenvalue weighted by Crippen LogP contribution is 2.11. The van der Waals surface area contributed by atoms with Crippen LogP contribution in [0.4, 0.5) is 4.79 Å². The van der Waals surface area contributed by atoms with E-state index in [1.54, 1.807) is 25.7 Å². The van der Waals surface area contributed by atoms with Crippen molar-refractivity contribution < 1.29 is 14.3 Å². The van der Waals surface area contributed by atoms with Gasteiger partial charge in [-0.1, -0.05) is 30.3 Å². The Morgan fingerprint density at radius 2 is 2.04 bits per heavy atom. The minimum absolute atomic E-state index is 0.228. The van der Waals surface area contributed by atoms with E-state index in [0.29, 0.717) is 18.0 Å². The lowest BCUT2D eigenvalue weighted by molar-refractivity contribution is 0.0446. The monoisotopic (exact) mass is 317 g/mol. The van der Waals surface area contributed by atoms with Crippen molar-refractivity contribution in [3.8, 4) is 0 Å². The van der Waals surface area contributed by atoms with E-state index in [4.69, 9.17) is 4.42 Å². The van der Waals surface area contributed by atoms with Gasteiger partial charge in [-0.05, 0) is 26.3 Å². The van der Waals surface area contributed by atoms with Gasteiger partial charge in [0.25, 0.3) is 0 Å². The first-order valence-corrected chi connectivity index (χ1v) is 7.53. The second kappa shape index (κ2) is 7.28. The predicted octanol–water partition coefficient (Wildman–Crippen LogP) is 2.47. The molecular weight excluding hydrogens is 294 g/mol. The molecule has 124 valence electrons. The van der Waals surface area contributed by atoms with Crippen LogP contribution in [0.25, 0.3) is 0 Å². The van der Waals surface area contributed by atoms with E-state index in [9.17, 15) is 9.90 Å². The number of rotatable bonds is 6. The molecular formula is C17H23N3O3. The fraction of sp³-hybridized carbons (Fsp3) is 0.412. The molecule has 0 atom stereocenters. The molecule has 23 heavy (non-hydrogen) atoms. The van der Waals surface area contributed by atoms with Crippen LogP contribution in [0.5, 0.6) is 0 Å². The third-order valence-corrected chi connectivity index (χ3v) is 3.33. The molecule has 1 aromatic heterocycles. The summed E-state index contributed by atoms with van der Waals surface area (Å²) in [7, 11) is 0. The maximum atomic E-state index is 12.5. The Balaban J connectivity index is 2.03. The first kappa shape index (κ1) is 17.0. The molecule has 1 heterocycles. The Hall–Kier alpha value is -2.34. The molecule has 6 heteroatoms. The van der Waals surface area contributed by atoms with Crippen molar-refractivity contribution in [2.24, 2.45) is 0 Å². The Labute approximate surface area is 136 Å². The number of carbonyl (C=O) groups is 1. The molecule has 0 saturated heterocycles. The summed E-state index contributed by atoms with van der Waals surface area (Å²) in [5.41, 5.74) is 0.724. The Kier molecular flexibility index (Phi) is 5.39. The maximum Gasteiger partial charge on any atom is 0.318 e. The maximum absolute atomic E-state index is 12.5. The third kappa shape index (κ3) is 5.41. The van der Waals surface area contributed by atoms with Crippen LogP contribution in [-0.2, 0) is 13.1 Å². The largest absolute Gasteiger partial charge is 0.448 e. The van der Waals surface area contributed by atoms with Crippen molar-refractivity contribution in [2.75, 3.05) is 6.54 Å². The van der Waals surface area contributed by atoms with Crippen LogP contribution in [0.1, 0.15) is 30.9 Å². The minimum atomic E-state index is -0.976. The molecule has 0 aliphatic heterocycles. The van der Waals surface area contributed by atoms with Crippen LogP contribution in [0.3, 0.4) is 0 Å². The van der Waals surface area contributed by atoms with E-state index in [0.717, 1.165) is 5.56 Å². The second-order valence-corrected chi connectivity index (χ2v) is 6.17. The summed E-state index contributed by atoms with van der Waals surface area (Å²) in [6, 6.07) is 9.43. The fourth-order valence-corrected chi connectivity index (χ4v) is 2.24. The van der Waals surface area contributed by atoms with Gasteiger partial charge in [0.05, 0.1) is 18.7 Å². The molecule has 0 spiro atoms. The van der Waals surface area contributed by atoms with Gasteiger partial charge in [0.15, 0.2) is 6.39 Å². The number of hydrogen-bond acceptors (Lipinski definition) is 4. The predicted molar refractivity (Wildman–Crippen MR) is 86.6 cm³/mol. The number of aryl methyl sites for hydroxylation is 1. The van der Waals surface area contributed by atoms with Gasteiger partial charge in [-0.3, -0.25) is 0 Å². The van der Waals surface area contributed by atoms with Crippen LogP contribution < -0.4 is 5.32 Å². The van der Waals surface area contributed by atoms with Gasteiger partial charge in [-0.2, -0.15) is 0 Å². The molecule has 2 N–H and O–H groups in total. The number of benzene rings is 1. The van der Waals surface area contributed by atoms with Crippen LogP contribution in [-0.4, -0.2) is 33.2 Å². The van der Waals surface area contributed by atoms with Crippen molar-refractivity contribution in [1.82, 2.24) is 15.2 Å². The summed E-state index contributed by atoms with van der Waals surface area (Å²) in [5.74, 6) is 0.683. The molecule has 0 unspecified atom stereocenters. The zero-order valence-electron chi connectivity index (χ0n) is 13.7. The highest BCUT2D eigenvalue weighted by Gasteiger charge is 2.23. The summed E-state index contributed by atoms with van der Waals surface area (Å²) in [4.78, 5) is 18.1. The van der Waals surface area contributed by atoms with Crippen molar-refractivity contribution in [2.45, 2.75) is 39.5 Å². The van der Waals surface area contributed by atoms with Crippen molar-refractivity contribution in [3.63, 3.8) is 0 Å². The van der Waals surface area contributed by atoms with Crippen LogP contribution in [0.15, 0.2) is 41.1 Å². The average molecular weight is 317 g/mol. The van der Waals surface area contributed by atoms with E-state index in [2.05, 4.69) is 10.3 Å². The van der Waals surface area contributed by atoms with Gasteiger partial charge in [-0.15, -0.1) is 0 Å². The number of carbonyl (C=O) groups excluding carboxylic acids is 1. The van der Waals surface area contributed by atoms with Crippen molar-refractivity contribution >= 4 is 6.03 Å².